The molecule has 0 aliphatic carbocycles. The van der Waals surface area contributed by atoms with Crippen LogP contribution >= 0.6 is 15.9 Å². The van der Waals surface area contributed by atoms with Gasteiger partial charge in [0.25, 0.3) is 0 Å². The molecule has 0 aromatic carbocycles. The van der Waals surface area contributed by atoms with Crippen LogP contribution in [0.5, 0.6) is 0 Å². The van der Waals surface area contributed by atoms with E-state index in [0.29, 0.717) is 13.1 Å². The number of carbonyl (C=O) groups is 1. The van der Waals surface area contributed by atoms with Crippen LogP contribution < -0.4 is 0 Å². The molecule has 0 atom stereocenters. The molecule has 7 heteroatoms. The Labute approximate surface area is 150 Å². The second-order valence-corrected chi connectivity index (χ2v) is 7.60. The van der Waals surface area contributed by atoms with E-state index in [-0.39, 0.29) is 6.09 Å². The number of amides is 1. The normalized spacial score (nSPS) is 14.0. The monoisotopic (exact) mass is 392 g/mol. The van der Waals surface area contributed by atoms with Crippen LogP contribution in [0.1, 0.15) is 39.0 Å². The van der Waals surface area contributed by atoms with E-state index in [1.54, 1.807) is 11.1 Å². The molecule has 3 rings (SSSR count). The van der Waals surface area contributed by atoms with Gasteiger partial charge in [-0.05, 0) is 55.3 Å². The molecular weight excluding hydrogens is 372 g/mol. The molecule has 3 heterocycles. The lowest BCUT2D eigenvalue weighted by atomic mass is 10.2. The Balaban J connectivity index is 1.83. The molecule has 0 saturated carbocycles. The van der Waals surface area contributed by atoms with Crippen LogP contribution in [0, 0.1) is 0 Å². The first-order valence-corrected chi connectivity index (χ1v) is 8.76. The third-order valence-electron chi connectivity index (χ3n) is 3.77. The molecule has 2 aromatic rings. The van der Waals surface area contributed by atoms with Gasteiger partial charge >= 0.3 is 6.09 Å². The Morgan fingerprint density at radius 3 is 2.75 bits per heavy atom. The van der Waals surface area contributed by atoms with E-state index in [9.17, 15) is 4.79 Å². The Morgan fingerprint density at radius 1 is 1.33 bits per heavy atom. The van der Waals surface area contributed by atoms with E-state index in [1.165, 1.54) is 0 Å². The van der Waals surface area contributed by atoms with Crippen LogP contribution in [0.25, 0.3) is 11.5 Å². The van der Waals surface area contributed by atoms with Crippen LogP contribution in [0.2, 0.25) is 0 Å². The lowest BCUT2D eigenvalue weighted by Crippen LogP contribution is -2.33. The first-order chi connectivity index (χ1) is 11.3. The van der Waals surface area contributed by atoms with Crippen molar-refractivity contribution in [1.29, 1.82) is 0 Å². The number of ether oxygens (including phenoxy) is 1. The summed E-state index contributed by atoms with van der Waals surface area (Å²) >= 11 is 3.50. The van der Waals surface area contributed by atoms with Gasteiger partial charge < -0.3 is 9.30 Å². The minimum absolute atomic E-state index is 0.306. The Hall–Kier alpha value is -1.89. The van der Waals surface area contributed by atoms with Gasteiger partial charge in [0.15, 0.2) is 5.82 Å². The number of hydrogen-bond acceptors (Lipinski definition) is 4. The molecule has 6 nitrogen and oxygen atoms in total. The summed E-state index contributed by atoms with van der Waals surface area (Å²) < 4.78 is 8.42. The van der Waals surface area contributed by atoms with Crippen molar-refractivity contribution in [3.05, 3.63) is 34.2 Å². The number of pyridine rings is 1. The van der Waals surface area contributed by atoms with Crippen LogP contribution in [0.3, 0.4) is 0 Å². The third kappa shape index (κ3) is 3.31. The molecule has 1 aliphatic heterocycles. The number of carbonyl (C=O) groups excluding carboxylic acids is 1. The van der Waals surface area contributed by atoms with Crippen LogP contribution in [-0.2, 0) is 24.4 Å². The molecule has 24 heavy (non-hydrogen) atoms. The molecule has 0 saturated heterocycles. The predicted octanol–water partition coefficient (Wildman–Crippen LogP) is 3.98. The van der Waals surface area contributed by atoms with Gasteiger partial charge in [0.05, 0.1) is 25.0 Å². The van der Waals surface area contributed by atoms with Crippen LogP contribution in [-0.4, -0.2) is 31.1 Å². The van der Waals surface area contributed by atoms with Crippen LogP contribution in [0.4, 0.5) is 4.79 Å². The minimum atomic E-state index is -0.497. The fourth-order valence-corrected chi connectivity index (χ4v) is 3.21. The Kier molecular flexibility index (Phi) is 4.38. The fraction of sp³-hybridized carbons (Fsp3) is 0.471. The zero-order chi connectivity index (χ0) is 17.5. The van der Waals surface area contributed by atoms with Gasteiger partial charge in [-0.15, -0.1) is 0 Å². The largest absolute Gasteiger partial charge is 0.444 e. The molecular formula is C17H21BrN4O2. The molecule has 0 radical (unpaired) electrons. The van der Waals surface area contributed by atoms with Crippen molar-refractivity contribution >= 4 is 22.0 Å². The Morgan fingerprint density at radius 2 is 2.08 bits per heavy atom. The predicted molar refractivity (Wildman–Crippen MR) is 94.3 cm³/mol. The molecule has 0 fully saturated rings. The van der Waals surface area contributed by atoms with Gasteiger partial charge in [0.2, 0.25) is 0 Å². The lowest BCUT2D eigenvalue weighted by molar-refractivity contribution is 0.0240. The number of rotatable bonds is 2. The van der Waals surface area contributed by atoms with Gasteiger partial charge in [0.1, 0.15) is 15.9 Å². The molecule has 1 aliphatic rings. The molecule has 0 N–H and O–H groups in total. The second-order valence-electron chi connectivity index (χ2n) is 6.79. The summed E-state index contributed by atoms with van der Waals surface area (Å²) in [6.45, 7) is 9.47. The van der Waals surface area contributed by atoms with E-state index >= 15 is 0 Å². The molecule has 0 bridgehead atoms. The van der Waals surface area contributed by atoms with Crippen LogP contribution in [0.15, 0.2) is 22.9 Å². The molecule has 0 unspecified atom stereocenters. The Bertz CT molecular complexity index is 779. The van der Waals surface area contributed by atoms with Gasteiger partial charge in [-0.2, -0.15) is 0 Å². The summed E-state index contributed by atoms with van der Waals surface area (Å²) in [5, 5.41) is 0. The number of aromatic nitrogens is 3. The zero-order valence-electron chi connectivity index (χ0n) is 14.3. The van der Waals surface area contributed by atoms with E-state index in [4.69, 9.17) is 9.72 Å². The fourth-order valence-electron chi connectivity index (χ4n) is 2.69. The van der Waals surface area contributed by atoms with E-state index in [2.05, 4.69) is 32.4 Å². The summed E-state index contributed by atoms with van der Waals surface area (Å²) in [6, 6.07) is 3.98. The van der Waals surface area contributed by atoms with Crippen molar-refractivity contribution in [2.24, 2.45) is 0 Å². The quantitative estimate of drug-likeness (QED) is 0.775. The number of nitrogens with zero attached hydrogens (tertiary/aromatic N) is 4. The summed E-state index contributed by atoms with van der Waals surface area (Å²) in [5.41, 5.74) is 2.27. The molecule has 2 aromatic heterocycles. The zero-order valence-corrected chi connectivity index (χ0v) is 15.9. The van der Waals surface area contributed by atoms with Gasteiger partial charge in [-0.1, -0.05) is 6.07 Å². The number of hydrogen-bond donors (Lipinski definition) is 0. The highest BCUT2D eigenvalue weighted by Crippen LogP contribution is 2.27. The number of imidazole rings is 1. The molecule has 128 valence electrons. The summed E-state index contributed by atoms with van der Waals surface area (Å²) in [5.74, 6) is 0.822. The maximum Gasteiger partial charge on any atom is 0.410 e. The van der Waals surface area contributed by atoms with E-state index < -0.39 is 5.60 Å². The maximum absolute atomic E-state index is 12.2. The second kappa shape index (κ2) is 6.20. The van der Waals surface area contributed by atoms with Crippen molar-refractivity contribution in [3.8, 4) is 11.5 Å². The highest BCUT2D eigenvalue weighted by Gasteiger charge is 2.29. The SMILES string of the molecule is CCn1c(Br)cnc1-c1ccc2c(n1)CN(C(=O)OC(C)(C)C)C2. The average Bonchev–Trinajstić information content (AvgIpc) is 3.07. The van der Waals surface area contributed by atoms with Gasteiger partial charge in [-0.3, -0.25) is 4.90 Å². The van der Waals surface area contributed by atoms with Crippen molar-refractivity contribution in [1.82, 2.24) is 19.4 Å². The van der Waals surface area contributed by atoms with Crippen molar-refractivity contribution in [2.75, 3.05) is 0 Å². The standard InChI is InChI=1S/C17H21BrN4O2/c1-5-22-14(18)8-19-15(22)12-7-6-11-9-21(10-13(11)20-12)16(23)24-17(2,3)4/h6-8H,5,9-10H2,1-4H3. The highest BCUT2D eigenvalue weighted by atomic mass is 79.9. The molecule has 1 amide bonds. The number of fused-ring (bicyclic) bond motifs is 1. The van der Waals surface area contributed by atoms with E-state index in [1.807, 2.05) is 32.9 Å². The summed E-state index contributed by atoms with van der Waals surface area (Å²) in [6.07, 6.45) is 1.47. The van der Waals surface area contributed by atoms with Gasteiger partial charge in [-0.25, -0.2) is 14.8 Å². The lowest BCUT2D eigenvalue weighted by Gasteiger charge is -2.23. The van der Waals surface area contributed by atoms with Crippen molar-refractivity contribution < 1.29 is 9.53 Å². The van der Waals surface area contributed by atoms with E-state index in [0.717, 1.165) is 33.9 Å². The van der Waals surface area contributed by atoms with Gasteiger partial charge in [0, 0.05) is 6.54 Å². The highest BCUT2D eigenvalue weighted by molar-refractivity contribution is 9.10. The number of halogens is 1. The average molecular weight is 393 g/mol. The van der Waals surface area contributed by atoms with Crippen molar-refractivity contribution in [3.63, 3.8) is 0 Å². The summed E-state index contributed by atoms with van der Waals surface area (Å²) in [4.78, 5) is 23.1. The van der Waals surface area contributed by atoms with Crippen molar-refractivity contribution in [2.45, 2.75) is 52.9 Å². The smallest absolute Gasteiger partial charge is 0.410 e. The first kappa shape index (κ1) is 17.0. The minimum Gasteiger partial charge on any atom is -0.444 e. The third-order valence-corrected chi connectivity index (χ3v) is 4.41. The molecule has 0 spiro atoms. The maximum atomic E-state index is 12.2. The topological polar surface area (TPSA) is 60.2 Å². The first-order valence-electron chi connectivity index (χ1n) is 7.96. The summed E-state index contributed by atoms with van der Waals surface area (Å²) in [7, 11) is 0.